The van der Waals surface area contributed by atoms with E-state index in [2.05, 4.69) is 13.8 Å². The van der Waals surface area contributed by atoms with E-state index in [1.807, 2.05) is 6.92 Å². The Morgan fingerprint density at radius 1 is 1.36 bits per heavy atom. The molecule has 0 bridgehead atoms. The lowest BCUT2D eigenvalue weighted by Crippen LogP contribution is -2.23. The van der Waals surface area contributed by atoms with Crippen LogP contribution in [0.3, 0.4) is 0 Å². The maximum Gasteiger partial charge on any atom is 0.0653 e. The molecule has 2 saturated carbocycles. The molecule has 0 unspecified atom stereocenters. The number of fused-ring (bicyclic) bond motifs is 1. The quantitative estimate of drug-likeness (QED) is 0.614. The van der Waals surface area contributed by atoms with Gasteiger partial charge in [-0.3, -0.25) is 0 Å². The first kappa shape index (κ1) is 7.60. The van der Waals surface area contributed by atoms with E-state index < -0.39 is 0 Å². The van der Waals surface area contributed by atoms with Crippen LogP contribution in [0.4, 0.5) is 0 Å². The summed E-state index contributed by atoms with van der Waals surface area (Å²) in [5.74, 6) is 1.39. The van der Waals surface area contributed by atoms with E-state index in [0.29, 0.717) is 11.3 Å². The van der Waals surface area contributed by atoms with E-state index in [-0.39, 0.29) is 5.60 Å². The smallest absolute Gasteiger partial charge is 0.0653 e. The monoisotopic (exact) mass is 154 g/mol. The van der Waals surface area contributed by atoms with Gasteiger partial charge in [0.25, 0.3) is 0 Å². The van der Waals surface area contributed by atoms with Gasteiger partial charge in [-0.1, -0.05) is 13.8 Å². The van der Waals surface area contributed by atoms with Crippen molar-refractivity contribution in [2.75, 3.05) is 0 Å². The van der Waals surface area contributed by atoms with Crippen molar-refractivity contribution in [3.8, 4) is 0 Å². The Balaban J connectivity index is 2.17. The fraction of sp³-hybridized carbons (Fsp3) is 1.00. The van der Waals surface area contributed by atoms with Crippen LogP contribution < -0.4 is 0 Å². The van der Waals surface area contributed by atoms with E-state index in [1.165, 1.54) is 12.8 Å². The highest BCUT2D eigenvalue weighted by molar-refractivity contribution is 5.16. The molecule has 11 heavy (non-hydrogen) atoms. The minimum atomic E-state index is -0.329. The predicted molar refractivity (Wildman–Crippen MR) is 45.2 cm³/mol. The molecule has 2 fully saturated rings. The van der Waals surface area contributed by atoms with E-state index in [4.69, 9.17) is 0 Å². The van der Waals surface area contributed by atoms with Crippen molar-refractivity contribution in [2.24, 2.45) is 17.3 Å². The van der Waals surface area contributed by atoms with Crippen LogP contribution in [-0.2, 0) is 0 Å². The second-order valence-corrected chi connectivity index (χ2v) is 5.00. The summed E-state index contributed by atoms with van der Waals surface area (Å²) in [6, 6.07) is 0. The molecule has 2 rings (SSSR count). The summed E-state index contributed by atoms with van der Waals surface area (Å²) in [5, 5.41) is 9.92. The fourth-order valence-electron chi connectivity index (χ4n) is 3.02. The second-order valence-electron chi connectivity index (χ2n) is 5.00. The van der Waals surface area contributed by atoms with Crippen molar-refractivity contribution < 1.29 is 5.11 Å². The zero-order valence-electron chi connectivity index (χ0n) is 7.72. The summed E-state index contributed by atoms with van der Waals surface area (Å²) >= 11 is 0. The molecule has 0 heterocycles. The topological polar surface area (TPSA) is 20.2 Å². The molecule has 0 aromatic rings. The predicted octanol–water partition coefficient (Wildman–Crippen LogP) is 2.19. The third-order valence-electron chi connectivity index (χ3n) is 4.12. The zero-order valence-corrected chi connectivity index (χ0v) is 7.72. The molecule has 64 valence electrons. The summed E-state index contributed by atoms with van der Waals surface area (Å²) < 4.78 is 0. The van der Waals surface area contributed by atoms with Crippen molar-refractivity contribution in [1.29, 1.82) is 0 Å². The number of hydrogen-bond acceptors (Lipinski definition) is 1. The summed E-state index contributed by atoms with van der Waals surface area (Å²) in [6.45, 7) is 6.59. The minimum Gasteiger partial charge on any atom is -0.390 e. The van der Waals surface area contributed by atoms with Gasteiger partial charge in [-0.2, -0.15) is 0 Å². The van der Waals surface area contributed by atoms with Crippen molar-refractivity contribution in [2.45, 2.75) is 45.6 Å². The number of aliphatic hydroxyl groups is 1. The van der Waals surface area contributed by atoms with Crippen molar-refractivity contribution >= 4 is 0 Å². The largest absolute Gasteiger partial charge is 0.390 e. The molecule has 0 radical (unpaired) electrons. The molecule has 0 spiro atoms. The molecule has 1 nitrogen and oxygen atoms in total. The number of rotatable bonds is 1. The molecule has 0 aromatic heterocycles. The van der Waals surface area contributed by atoms with Gasteiger partial charge in [0.05, 0.1) is 5.60 Å². The van der Waals surface area contributed by atoms with Gasteiger partial charge in [0, 0.05) is 0 Å². The molecule has 3 atom stereocenters. The van der Waals surface area contributed by atoms with Gasteiger partial charge in [-0.05, 0) is 43.4 Å². The van der Waals surface area contributed by atoms with Gasteiger partial charge in [-0.15, -0.1) is 0 Å². The molecule has 1 N–H and O–H groups in total. The van der Waals surface area contributed by atoms with Crippen LogP contribution in [-0.4, -0.2) is 10.7 Å². The van der Waals surface area contributed by atoms with Gasteiger partial charge < -0.3 is 5.11 Å². The summed E-state index contributed by atoms with van der Waals surface area (Å²) in [7, 11) is 0. The number of hydrogen-bond donors (Lipinski definition) is 1. The fourth-order valence-corrected chi connectivity index (χ4v) is 3.02. The van der Waals surface area contributed by atoms with Gasteiger partial charge in [-0.25, -0.2) is 0 Å². The van der Waals surface area contributed by atoms with Crippen molar-refractivity contribution in [3.63, 3.8) is 0 Å². The minimum absolute atomic E-state index is 0.329. The third-order valence-corrected chi connectivity index (χ3v) is 4.12. The summed E-state index contributed by atoms with van der Waals surface area (Å²) in [6.07, 6.45) is 3.55. The van der Waals surface area contributed by atoms with Crippen molar-refractivity contribution in [1.82, 2.24) is 0 Å². The Hall–Kier alpha value is -0.0400. The third kappa shape index (κ3) is 0.807. The summed E-state index contributed by atoms with van der Waals surface area (Å²) in [4.78, 5) is 0. The Labute approximate surface area is 68.8 Å². The molecule has 1 heteroatoms. The van der Waals surface area contributed by atoms with Crippen LogP contribution in [0.5, 0.6) is 0 Å². The van der Waals surface area contributed by atoms with Gasteiger partial charge in [0.15, 0.2) is 0 Å². The highest BCUT2D eigenvalue weighted by Gasteiger charge is 2.67. The molecule has 0 saturated heterocycles. The normalized spacial score (nSPS) is 54.8. The van der Waals surface area contributed by atoms with Crippen LogP contribution in [0.2, 0.25) is 0 Å². The van der Waals surface area contributed by atoms with Crippen LogP contribution >= 0.6 is 0 Å². The van der Waals surface area contributed by atoms with Crippen LogP contribution in [0.25, 0.3) is 0 Å². The van der Waals surface area contributed by atoms with E-state index in [9.17, 15) is 5.11 Å². The van der Waals surface area contributed by atoms with Crippen LogP contribution in [0.15, 0.2) is 0 Å². The summed E-state index contributed by atoms with van der Waals surface area (Å²) in [5.41, 5.74) is 0.216. The van der Waals surface area contributed by atoms with Crippen LogP contribution in [0, 0.1) is 17.3 Å². The Bertz CT molecular complexity index is 183. The Kier molecular flexibility index (Phi) is 1.26. The zero-order chi connectivity index (χ0) is 8.28. The molecule has 2 aliphatic carbocycles. The van der Waals surface area contributed by atoms with Gasteiger partial charge in [0.1, 0.15) is 0 Å². The molecule has 2 aliphatic rings. The highest BCUT2D eigenvalue weighted by Crippen LogP contribution is 2.70. The Morgan fingerprint density at radius 3 is 2.18 bits per heavy atom. The molecular weight excluding hydrogens is 136 g/mol. The lowest BCUT2D eigenvalue weighted by molar-refractivity contribution is 0.0426. The molecular formula is C10H18O. The SMILES string of the molecule is CC(C)[C@]12CC[C@@](C)(O)[C@H]1C2. The second kappa shape index (κ2) is 1.82. The van der Waals surface area contributed by atoms with Crippen LogP contribution in [0.1, 0.15) is 40.0 Å². The first-order chi connectivity index (χ1) is 4.99. The average Bonchev–Trinajstić information content (AvgIpc) is 2.54. The molecule has 0 amide bonds. The lowest BCUT2D eigenvalue weighted by Gasteiger charge is -2.17. The average molecular weight is 154 g/mol. The maximum absolute atomic E-state index is 9.92. The van der Waals surface area contributed by atoms with Gasteiger partial charge >= 0.3 is 0 Å². The lowest BCUT2D eigenvalue weighted by atomic mass is 9.90. The standard InChI is InChI=1S/C10H18O/c1-7(2)10-5-4-9(3,11)8(10)6-10/h7-8,11H,4-6H2,1-3H3/t8-,9-,10-/m1/s1. The molecule has 0 aromatic carbocycles. The van der Waals surface area contributed by atoms with E-state index >= 15 is 0 Å². The highest BCUT2D eigenvalue weighted by atomic mass is 16.3. The van der Waals surface area contributed by atoms with E-state index in [0.717, 1.165) is 12.3 Å². The first-order valence-corrected chi connectivity index (χ1v) is 4.71. The van der Waals surface area contributed by atoms with E-state index in [1.54, 1.807) is 0 Å². The first-order valence-electron chi connectivity index (χ1n) is 4.71. The van der Waals surface area contributed by atoms with Gasteiger partial charge in [0.2, 0.25) is 0 Å². The Morgan fingerprint density at radius 2 is 2.00 bits per heavy atom. The van der Waals surface area contributed by atoms with Crippen molar-refractivity contribution in [3.05, 3.63) is 0 Å². The molecule has 0 aliphatic heterocycles. The maximum atomic E-state index is 9.92.